The van der Waals surface area contributed by atoms with E-state index in [0.29, 0.717) is 25.0 Å². The topological polar surface area (TPSA) is 66.0 Å². The predicted octanol–water partition coefficient (Wildman–Crippen LogP) is 2.59. The molecule has 0 atom stereocenters. The minimum absolute atomic E-state index is 0. The van der Waals surface area contributed by atoms with Gasteiger partial charge in [0, 0.05) is 27.2 Å². The summed E-state index contributed by atoms with van der Waals surface area (Å²) in [7, 11) is 3.36. The maximum atomic E-state index is 13.6. The molecule has 0 saturated heterocycles. The molecule has 0 heterocycles. The lowest BCUT2D eigenvalue weighted by Crippen LogP contribution is -2.43. The predicted molar refractivity (Wildman–Crippen MR) is 108 cm³/mol. The van der Waals surface area contributed by atoms with Crippen molar-refractivity contribution in [2.75, 3.05) is 45.7 Å². The lowest BCUT2D eigenvalue weighted by Gasteiger charge is -2.21. The standard InChI is InChI=1S/C17H23F3N4O2.HI/c1-21-17(24(2)7-8-26-10-11-3-4-11)22-9-14(25)23-13-6-5-12(18)15(19)16(13)20;/h5-6,11H,3-4,7-10H2,1-2H3,(H,21,22)(H,23,25);1H. The number of benzene rings is 1. The molecule has 1 saturated carbocycles. The molecule has 1 amide bonds. The fraction of sp³-hybridized carbons (Fsp3) is 0.529. The monoisotopic (exact) mass is 500 g/mol. The first-order valence-electron chi connectivity index (χ1n) is 8.35. The Bertz CT molecular complexity index is 672. The third kappa shape index (κ3) is 7.53. The van der Waals surface area contributed by atoms with Gasteiger partial charge in [-0.3, -0.25) is 9.79 Å². The van der Waals surface area contributed by atoms with Crippen LogP contribution in [0.2, 0.25) is 0 Å². The van der Waals surface area contributed by atoms with Gasteiger partial charge in [0.15, 0.2) is 23.4 Å². The fourth-order valence-electron chi connectivity index (χ4n) is 2.20. The lowest BCUT2D eigenvalue weighted by atomic mass is 10.2. The van der Waals surface area contributed by atoms with E-state index >= 15 is 0 Å². The molecule has 1 fully saturated rings. The van der Waals surface area contributed by atoms with Crippen LogP contribution in [0.15, 0.2) is 17.1 Å². The van der Waals surface area contributed by atoms with Crippen LogP contribution in [0.1, 0.15) is 12.8 Å². The van der Waals surface area contributed by atoms with E-state index in [9.17, 15) is 18.0 Å². The summed E-state index contributed by atoms with van der Waals surface area (Å²) in [6.07, 6.45) is 2.46. The summed E-state index contributed by atoms with van der Waals surface area (Å²) in [5.41, 5.74) is -0.424. The minimum atomic E-state index is -1.63. The summed E-state index contributed by atoms with van der Waals surface area (Å²) in [6, 6.07) is 1.71. The van der Waals surface area contributed by atoms with Crippen LogP contribution in [0.5, 0.6) is 0 Å². The van der Waals surface area contributed by atoms with Crippen molar-refractivity contribution in [2.45, 2.75) is 12.8 Å². The van der Waals surface area contributed by atoms with Crippen molar-refractivity contribution in [3.63, 3.8) is 0 Å². The molecule has 1 aliphatic rings. The van der Waals surface area contributed by atoms with Crippen molar-refractivity contribution >= 4 is 41.5 Å². The van der Waals surface area contributed by atoms with E-state index < -0.39 is 29.0 Å². The van der Waals surface area contributed by atoms with Gasteiger partial charge in [-0.15, -0.1) is 24.0 Å². The summed E-state index contributed by atoms with van der Waals surface area (Å²) < 4.78 is 45.2. The van der Waals surface area contributed by atoms with Crippen LogP contribution in [0.4, 0.5) is 18.9 Å². The van der Waals surface area contributed by atoms with Crippen molar-refractivity contribution in [1.82, 2.24) is 10.2 Å². The normalized spacial score (nSPS) is 13.7. The number of carbonyl (C=O) groups is 1. The summed E-state index contributed by atoms with van der Waals surface area (Å²) >= 11 is 0. The van der Waals surface area contributed by atoms with Crippen LogP contribution in [0, 0.1) is 23.4 Å². The number of amides is 1. The number of anilines is 1. The zero-order valence-electron chi connectivity index (χ0n) is 15.2. The van der Waals surface area contributed by atoms with Crippen LogP contribution in [0.3, 0.4) is 0 Å². The highest BCUT2D eigenvalue weighted by molar-refractivity contribution is 14.0. The zero-order chi connectivity index (χ0) is 19.1. The molecule has 152 valence electrons. The lowest BCUT2D eigenvalue weighted by molar-refractivity contribution is -0.115. The third-order valence-electron chi connectivity index (χ3n) is 3.91. The van der Waals surface area contributed by atoms with E-state index in [-0.39, 0.29) is 30.5 Å². The van der Waals surface area contributed by atoms with E-state index in [1.807, 2.05) is 0 Å². The van der Waals surface area contributed by atoms with Crippen molar-refractivity contribution in [3.05, 3.63) is 29.6 Å². The number of nitrogens with one attached hydrogen (secondary N) is 2. The number of ether oxygens (including phenoxy) is 1. The second-order valence-corrected chi connectivity index (χ2v) is 6.11. The number of aliphatic imine (C=N–C) groups is 1. The van der Waals surface area contributed by atoms with Gasteiger partial charge in [0.05, 0.1) is 18.8 Å². The molecule has 0 aromatic heterocycles. The van der Waals surface area contributed by atoms with Crippen LogP contribution in [-0.2, 0) is 9.53 Å². The average molecular weight is 500 g/mol. The zero-order valence-corrected chi connectivity index (χ0v) is 17.6. The fourth-order valence-corrected chi connectivity index (χ4v) is 2.20. The van der Waals surface area contributed by atoms with Crippen LogP contribution in [-0.4, -0.2) is 57.2 Å². The molecule has 0 spiro atoms. The summed E-state index contributed by atoms with van der Waals surface area (Å²) in [5, 5.41) is 5.00. The molecule has 0 unspecified atom stereocenters. The number of carbonyl (C=O) groups excluding carboxylic acids is 1. The third-order valence-corrected chi connectivity index (χ3v) is 3.91. The highest BCUT2D eigenvalue weighted by atomic mass is 127. The first-order valence-corrected chi connectivity index (χ1v) is 8.35. The number of guanidine groups is 1. The van der Waals surface area contributed by atoms with E-state index in [0.717, 1.165) is 18.7 Å². The Morgan fingerprint density at radius 2 is 2.00 bits per heavy atom. The Balaban J connectivity index is 0.00000364. The second kappa shape index (κ2) is 11.3. The van der Waals surface area contributed by atoms with Crippen LogP contribution >= 0.6 is 24.0 Å². The van der Waals surface area contributed by atoms with E-state index in [4.69, 9.17) is 4.74 Å². The van der Waals surface area contributed by atoms with Gasteiger partial charge in [-0.05, 0) is 30.9 Å². The van der Waals surface area contributed by atoms with Gasteiger partial charge in [0.2, 0.25) is 5.91 Å². The van der Waals surface area contributed by atoms with Gasteiger partial charge in [-0.25, -0.2) is 13.2 Å². The SMILES string of the molecule is CN=C(NCC(=O)Nc1ccc(F)c(F)c1F)N(C)CCOCC1CC1.I. The van der Waals surface area contributed by atoms with Gasteiger partial charge in [-0.2, -0.15) is 0 Å². The second-order valence-electron chi connectivity index (χ2n) is 6.11. The van der Waals surface area contributed by atoms with Gasteiger partial charge >= 0.3 is 0 Å². The maximum absolute atomic E-state index is 13.6. The highest BCUT2D eigenvalue weighted by Gasteiger charge is 2.21. The number of likely N-dealkylation sites (N-methyl/N-ethyl adjacent to an activating group) is 1. The van der Waals surface area contributed by atoms with E-state index in [1.165, 1.54) is 12.8 Å². The average Bonchev–Trinajstić information content (AvgIpc) is 3.44. The molecule has 1 aromatic carbocycles. The molecule has 0 radical (unpaired) electrons. The molecule has 1 aliphatic carbocycles. The summed E-state index contributed by atoms with van der Waals surface area (Å²) in [5.74, 6) is -3.84. The first-order chi connectivity index (χ1) is 12.4. The number of nitrogens with zero attached hydrogens (tertiary/aromatic N) is 2. The molecule has 0 aliphatic heterocycles. The number of hydrogen-bond acceptors (Lipinski definition) is 3. The summed E-state index contributed by atoms with van der Waals surface area (Å²) in [6.45, 7) is 1.69. The Labute approximate surface area is 173 Å². The smallest absolute Gasteiger partial charge is 0.243 e. The van der Waals surface area contributed by atoms with Crippen molar-refractivity contribution < 1.29 is 22.7 Å². The highest BCUT2D eigenvalue weighted by Crippen LogP contribution is 2.28. The number of hydrogen-bond donors (Lipinski definition) is 2. The maximum Gasteiger partial charge on any atom is 0.243 e. The van der Waals surface area contributed by atoms with Crippen LogP contribution < -0.4 is 10.6 Å². The Hall–Kier alpha value is -1.56. The van der Waals surface area contributed by atoms with Gasteiger partial charge in [0.25, 0.3) is 0 Å². The van der Waals surface area contributed by atoms with E-state index in [1.54, 1.807) is 19.0 Å². The van der Waals surface area contributed by atoms with E-state index in [2.05, 4.69) is 15.6 Å². The Kier molecular flexibility index (Phi) is 9.84. The molecule has 0 bridgehead atoms. The first kappa shape index (κ1) is 23.5. The summed E-state index contributed by atoms with van der Waals surface area (Å²) in [4.78, 5) is 17.7. The Morgan fingerprint density at radius 1 is 1.30 bits per heavy atom. The van der Waals surface area contributed by atoms with Gasteiger partial charge in [0.1, 0.15) is 0 Å². The molecule has 2 rings (SSSR count). The quantitative estimate of drug-likeness (QED) is 0.190. The number of halogens is 4. The van der Waals surface area contributed by atoms with Gasteiger partial charge < -0.3 is 20.3 Å². The minimum Gasteiger partial charge on any atom is -0.379 e. The molecular weight excluding hydrogens is 476 g/mol. The number of rotatable bonds is 8. The van der Waals surface area contributed by atoms with Crippen molar-refractivity contribution in [1.29, 1.82) is 0 Å². The van der Waals surface area contributed by atoms with Crippen LogP contribution in [0.25, 0.3) is 0 Å². The molecule has 2 N–H and O–H groups in total. The molecular formula is C17H24F3IN4O2. The molecule has 27 heavy (non-hydrogen) atoms. The van der Waals surface area contributed by atoms with Gasteiger partial charge in [-0.1, -0.05) is 0 Å². The van der Waals surface area contributed by atoms with Crippen molar-refractivity contribution in [3.8, 4) is 0 Å². The molecule has 6 nitrogen and oxygen atoms in total. The largest absolute Gasteiger partial charge is 0.379 e. The Morgan fingerprint density at radius 3 is 2.63 bits per heavy atom. The molecule has 1 aromatic rings. The molecule has 10 heteroatoms. The van der Waals surface area contributed by atoms with Crippen molar-refractivity contribution in [2.24, 2.45) is 10.9 Å².